The van der Waals surface area contributed by atoms with Gasteiger partial charge in [-0.05, 0) is 20.5 Å². The standard InChI is InChI=1S/C6H16N2/c1-4-8(3)6(2)5-7/h6H,4-5,7H2,1-3H3. The topological polar surface area (TPSA) is 29.3 Å². The first-order chi connectivity index (χ1) is 3.72. The highest BCUT2D eigenvalue weighted by Gasteiger charge is 2.01. The Balaban J connectivity index is 3.29. The number of nitrogens with two attached hydrogens (primary N) is 1. The van der Waals surface area contributed by atoms with Crippen LogP contribution in [0.25, 0.3) is 0 Å². The first-order valence-corrected chi connectivity index (χ1v) is 3.12. The molecule has 0 radical (unpaired) electrons. The second kappa shape index (κ2) is 3.87. The molecule has 0 aromatic heterocycles. The van der Waals surface area contributed by atoms with Crippen LogP contribution in [-0.2, 0) is 0 Å². The summed E-state index contributed by atoms with van der Waals surface area (Å²) in [6, 6.07) is 0.528. The minimum absolute atomic E-state index is 0.528. The summed E-state index contributed by atoms with van der Waals surface area (Å²) < 4.78 is 0. The molecule has 0 bridgehead atoms. The lowest BCUT2D eigenvalue weighted by atomic mass is 10.3. The summed E-state index contributed by atoms with van der Waals surface area (Å²) in [6.45, 7) is 6.10. The van der Waals surface area contributed by atoms with E-state index in [0.717, 1.165) is 13.1 Å². The predicted octanol–water partition coefficient (Wildman–Crippen LogP) is 0.285. The van der Waals surface area contributed by atoms with Gasteiger partial charge in [0.2, 0.25) is 0 Å². The maximum Gasteiger partial charge on any atom is 0.0186 e. The Labute approximate surface area is 51.7 Å². The van der Waals surface area contributed by atoms with Gasteiger partial charge in [0.25, 0.3) is 0 Å². The molecule has 0 rings (SSSR count). The van der Waals surface area contributed by atoms with Gasteiger partial charge >= 0.3 is 0 Å². The summed E-state index contributed by atoms with van der Waals surface area (Å²) in [5.41, 5.74) is 5.41. The van der Waals surface area contributed by atoms with Crippen LogP contribution < -0.4 is 5.73 Å². The molecule has 1 unspecified atom stereocenters. The lowest BCUT2D eigenvalue weighted by molar-refractivity contribution is 0.277. The van der Waals surface area contributed by atoms with E-state index in [1.54, 1.807) is 0 Å². The van der Waals surface area contributed by atoms with Crippen LogP contribution in [0.3, 0.4) is 0 Å². The molecule has 2 heteroatoms. The van der Waals surface area contributed by atoms with Gasteiger partial charge in [-0.2, -0.15) is 0 Å². The molecular formula is C6H16N2. The smallest absolute Gasteiger partial charge is 0.0186 e. The SMILES string of the molecule is CCN(C)C(C)CN. The molecule has 0 aliphatic heterocycles. The van der Waals surface area contributed by atoms with Crippen molar-refractivity contribution < 1.29 is 0 Å². The molecule has 0 aromatic carbocycles. The summed E-state index contributed by atoms with van der Waals surface area (Å²) in [4.78, 5) is 2.22. The molecule has 0 saturated carbocycles. The van der Waals surface area contributed by atoms with E-state index in [1.165, 1.54) is 0 Å². The number of hydrogen-bond acceptors (Lipinski definition) is 2. The van der Waals surface area contributed by atoms with Crippen LogP contribution in [-0.4, -0.2) is 31.1 Å². The second-order valence-corrected chi connectivity index (χ2v) is 2.16. The third-order valence-corrected chi connectivity index (χ3v) is 1.59. The third-order valence-electron chi connectivity index (χ3n) is 1.59. The summed E-state index contributed by atoms with van der Waals surface area (Å²) in [7, 11) is 2.08. The third kappa shape index (κ3) is 2.28. The molecule has 0 aromatic rings. The van der Waals surface area contributed by atoms with E-state index in [2.05, 4.69) is 25.8 Å². The molecule has 2 N–H and O–H groups in total. The highest BCUT2D eigenvalue weighted by atomic mass is 15.1. The van der Waals surface area contributed by atoms with Crippen molar-refractivity contribution in [3.63, 3.8) is 0 Å². The minimum atomic E-state index is 0.528. The molecule has 1 atom stereocenters. The monoisotopic (exact) mass is 116 g/mol. The van der Waals surface area contributed by atoms with E-state index in [9.17, 15) is 0 Å². The van der Waals surface area contributed by atoms with Crippen molar-refractivity contribution in [2.45, 2.75) is 19.9 Å². The Kier molecular flexibility index (Phi) is 3.83. The van der Waals surface area contributed by atoms with Crippen LogP contribution in [0.1, 0.15) is 13.8 Å². The Hall–Kier alpha value is -0.0800. The molecule has 8 heavy (non-hydrogen) atoms. The van der Waals surface area contributed by atoms with Gasteiger partial charge in [-0.25, -0.2) is 0 Å². The first kappa shape index (κ1) is 7.92. The van der Waals surface area contributed by atoms with Crippen molar-refractivity contribution in [2.24, 2.45) is 5.73 Å². The Morgan fingerprint density at radius 2 is 2.12 bits per heavy atom. The van der Waals surface area contributed by atoms with E-state index < -0.39 is 0 Å². The van der Waals surface area contributed by atoms with E-state index in [0.29, 0.717) is 6.04 Å². The van der Waals surface area contributed by atoms with Gasteiger partial charge in [-0.3, -0.25) is 0 Å². The fraction of sp³-hybridized carbons (Fsp3) is 1.00. The molecule has 50 valence electrons. The van der Waals surface area contributed by atoms with Crippen LogP contribution in [0, 0.1) is 0 Å². The fourth-order valence-corrected chi connectivity index (χ4v) is 0.492. The van der Waals surface area contributed by atoms with Gasteiger partial charge in [0.15, 0.2) is 0 Å². The Bertz CT molecular complexity index is 46.5. The van der Waals surface area contributed by atoms with Gasteiger partial charge in [-0.1, -0.05) is 6.92 Å². The van der Waals surface area contributed by atoms with E-state index in [1.807, 2.05) is 0 Å². The summed E-state index contributed by atoms with van der Waals surface area (Å²) >= 11 is 0. The Morgan fingerprint density at radius 3 is 2.25 bits per heavy atom. The minimum Gasteiger partial charge on any atom is -0.329 e. The van der Waals surface area contributed by atoms with E-state index >= 15 is 0 Å². The lowest BCUT2D eigenvalue weighted by Crippen LogP contribution is -2.34. The zero-order valence-corrected chi connectivity index (χ0v) is 6.02. The fourth-order valence-electron chi connectivity index (χ4n) is 0.492. The van der Waals surface area contributed by atoms with Crippen molar-refractivity contribution in [3.05, 3.63) is 0 Å². The van der Waals surface area contributed by atoms with Gasteiger partial charge in [0.1, 0.15) is 0 Å². The predicted molar refractivity (Wildman–Crippen MR) is 36.8 cm³/mol. The van der Waals surface area contributed by atoms with Crippen molar-refractivity contribution in [1.82, 2.24) is 4.90 Å². The van der Waals surface area contributed by atoms with Gasteiger partial charge < -0.3 is 10.6 Å². The zero-order valence-electron chi connectivity index (χ0n) is 6.02. The number of likely N-dealkylation sites (N-methyl/N-ethyl adjacent to an activating group) is 1. The van der Waals surface area contributed by atoms with Crippen molar-refractivity contribution >= 4 is 0 Å². The van der Waals surface area contributed by atoms with Crippen LogP contribution in [0.15, 0.2) is 0 Å². The second-order valence-electron chi connectivity index (χ2n) is 2.16. The maximum atomic E-state index is 5.41. The highest BCUT2D eigenvalue weighted by Crippen LogP contribution is 1.89. The first-order valence-electron chi connectivity index (χ1n) is 3.12. The summed E-state index contributed by atoms with van der Waals surface area (Å²) in [6.07, 6.45) is 0. The molecule has 0 amide bonds. The quantitative estimate of drug-likeness (QED) is 0.574. The Morgan fingerprint density at radius 1 is 1.62 bits per heavy atom. The molecule has 0 heterocycles. The van der Waals surface area contributed by atoms with Crippen LogP contribution in [0.4, 0.5) is 0 Å². The molecular weight excluding hydrogens is 100 g/mol. The van der Waals surface area contributed by atoms with Crippen molar-refractivity contribution in [1.29, 1.82) is 0 Å². The largest absolute Gasteiger partial charge is 0.329 e. The van der Waals surface area contributed by atoms with Gasteiger partial charge in [-0.15, -0.1) is 0 Å². The normalized spacial score (nSPS) is 14.6. The molecule has 0 aliphatic carbocycles. The van der Waals surface area contributed by atoms with E-state index in [-0.39, 0.29) is 0 Å². The average molecular weight is 116 g/mol. The van der Waals surface area contributed by atoms with Crippen molar-refractivity contribution in [2.75, 3.05) is 20.1 Å². The van der Waals surface area contributed by atoms with Crippen molar-refractivity contribution in [3.8, 4) is 0 Å². The zero-order chi connectivity index (χ0) is 6.57. The van der Waals surface area contributed by atoms with Crippen LogP contribution in [0.5, 0.6) is 0 Å². The summed E-state index contributed by atoms with van der Waals surface area (Å²) in [5.74, 6) is 0. The van der Waals surface area contributed by atoms with Gasteiger partial charge in [0, 0.05) is 12.6 Å². The number of rotatable bonds is 3. The van der Waals surface area contributed by atoms with Gasteiger partial charge in [0.05, 0.1) is 0 Å². The number of hydrogen-bond donors (Lipinski definition) is 1. The number of nitrogens with zero attached hydrogens (tertiary/aromatic N) is 1. The lowest BCUT2D eigenvalue weighted by Gasteiger charge is -2.20. The summed E-state index contributed by atoms with van der Waals surface area (Å²) in [5, 5.41) is 0. The highest BCUT2D eigenvalue weighted by molar-refractivity contribution is 4.60. The van der Waals surface area contributed by atoms with E-state index in [4.69, 9.17) is 5.73 Å². The maximum absolute atomic E-state index is 5.41. The average Bonchev–Trinajstić information content (AvgIpc) is 1.84. The van der Waals surface area contributed by atoms with Crippen LogP contribution >= 0.6 is 0 Å². The molecule has 2 nitrogen and oxygen atoms in total. The molecule has 0 spiro atoms. The molecule has 0 aliphatic rings. The molecule has 0 fully saturated rings. The molecule has 0 saturated heterocycles. The van der Waals surface area contributed by atoms with Crippen LogP contribution in [0.2, 0.25) is 0 Å².